The number of carbonyl (C=O) groups is 1. The molecule has 21 heavy (non-hydrogen) atoms. The van der Waals surface area contributed by atoms with Gasteiger partial charge in [0.15, 0.2) is 0 Å². The van der Waals surface area contributed by atoms with Crippen LogP contribution in [0.1, 0.15) is 5.69 Å². The van der Waals surface area contributed by atoms with Crippen LogP contribution in [0, 0.1) is 6.92 Å². The first-order valence-corrected chi connectivity index (χ1v) is 6.47. The Morgan fingerprint density at radius 3 is 2.52 bits per heavy atom. The second-order valence-electron chi connectivity index (χ2n) is 4.18. The van der Waals surface area contributed by atoms with Crippen LogP contribution in [0.4, 0.5) is 0 Å². The van der Waals surface area contributed by atoms with Gasteiger partial charge in [0.1, 0.15) is 7.11 Å². The van der Waals surface area contributed by atoms with E-state index < -0.39 is 5.97 Å². The number of nitrogens with zero attached hydrogens (tertiary/aromatic N) is 3. The molecule has 0 fully saturated rings. The quantitative estimate of drug-likeness (QED) is 0.370. The Kier molecular flexibility index (Phi) is 4.59. The number of carbonyl (C=O) groups excluding carboxylic acids is 1. The molecular formula is C14H14ClN3O3. The Labute approximate surface area is 126 Å². The molecule has 0 aliphatic heterocycles. The summed E-state index contributed by atoms with van der Waals surface area (Å²) in [6, 6.07) is 9.01. The van der Waals surface area contributed by atoms with Gasteiger partial charge in [-0.2, -0.15) is 5.10 Å². The minimum atomic E-state index is -0.643. The number of rotatable bonds is 2. The summed E-state index contributed by atoms with van der Waals surface area (Å²) >= 11 is 5.89. The first kappa shape index (κ1) is 15.1. The number of ether oxygens (including phenoxy) is 1. The van der Waals surface area contributed by atoms with Crippen LogP contribution in [0.3, 0.4) is 0 Å². The number of hydrogen-bond donors (Lipinski definition) is 0. The molecule has 0 aliphatic rings. The Morgan fingerprint density at radius 1 is 1.29 bits per heavy atom. The van der Waals surface area contributed by atoms with Gasteiger partial charge >= 0.3 is 5.97 Å². The summed E-state index contributed by atoms with van der Waals surface area (Å²) in [6.45, 7) is 1.82. The molecule has 0 saturated carbocycles. The van der Waals surface area contributed by atoms with E-state index in [4.69, 9.17) is 21.2 Å². The molecule has 110 valence electrons. The molecule has 7 heteroatoms. The van der Waals surface area contributed by atoms with Crippen molar-refractivity contribution in [1.82, 2.24) is 9.78 Å². The number of benzene rings is 1. The second kappa shape index (κ2) is 6.41. The Bertz CT molecular complexity index is 677. The van der Waals surface area contributed by atoms with Gasteiger partial charge in [-0.1, -0.05) is 28.9 Å². The summed E-state index contributed by atoms with van der Waals surface area (Å²) in [5.74, 6) is -0.701. The van der Waals surface area contributed by atoms with E-state index in [2.05, 4.69) is 10.3 Å². The standard InChI is InChI=1S/C14H14ClN3O3/c1-9-8-12(10-4-6-11(15)7-5-10)18(16-9)13(17-21-3)14(19)20-2/h4-8H,1-3H3. The summed E-state index contributed by atoms with van der Waals surface area (Å²) < 4.78 is 6.09. The van der Waals surface area contributed by atoms with E-state index in [0.717, 1.165) is 11.3 Å². The molecule has 1 aromatic carbocycles. The fourth-order valence-corrected chi connectivity index (χ4v) is 1.95. The van der Waals surface area contributed by atoms with Gasteiger partial charge in [-0.25, -0.2) is 9.48 Å². The van der Waals surface area contributed by atoms with Crippen molar-refractivity contribution in [2.45, 2.75) is 6.92 Å². The predicted molar refractivity (Wildman–Crippen MR) is 79.3 cm³/mol. The summed E-state index contributed by atoms with van der Waals surface area (Å²) in [7, 11) is 2.62. The van der Waals surface area contributed by atoms with Gasteiger partial charge in [-0.15, -0.1) is 0 Å². The molecular weight excluding hydrogens is 294 g/mol. The lowest BCUT2D eigenvalue weighted by molar-refractivity contribution is -0.133. The topological polar surface area (TPSA) is 65.7 Å². The van der Waals surface area contributed by atoms with Crippen LogP contribution in [0.5, 0.6) is 0 Å². The zero-order valence-electron chi connectivity index (χ0n) is 11.8. The molecule has 0 spiro atoms. The number of aromatic nitrogens is 2. The number of oxime groups is 1. The minimum absolute atomic E-state index is 0.0574. The van der Waals surface area contributed by atoms with Gasteiger partial charge in [0, 0.05) is 10.6 Å². The fourth-order valence-electron chi connectivity index (χ4n) is 1.83. The van der Waals surface area contributed by atoms with Crippen molar-refractivity contribution in [2.24, 2.45) is 5.16 Å². The Hall–Kier alpha value is -2.34. The maximum Gasteiger partial charge on any atom is 0.379 e. The van der Waals surface area contributed by atoms with Gasteiger partial charge in [0.25, 0.3) is 5.84 Å². The molecule has 0 bridgehead atoms. The third-order valence-corrected chi connectivity index (χ3v) is 2.97. The van der Waals surface area contributed by atoms with Gasteiger partial charge in [-0.3, -0.25) is 0 Å². The normalized spacial score (nSPS) is 11.3. The van der Waals surface area contributed by atoms with Gasteiger partial charge in [0.2, 0.25) is 0 Å². The van der Waals surface area contributed by atoms with E-state index >= 15 is 0 Å². The van der Waals surface area contributed by atoms with Gasteiger partial charge in [-0.05, 0) is 25.1 Å². The SMILES string of the molecule is CON=C(C(=O)OC)n1nc(C)cc1-c1ccc(Cl)cc1. The van der Waals surface area contributed by atoms with Crippen molar-refractivity contribution < 1.29 is 14.4 Å². The molecule has 0 saturated heterocycles. The highest BCUT2D eigenvalue weighted by Gasteiger charge is 2.21. The maximum atomic E-state index is 11.8. The lowest BCUT2D eigenvalue weighted by atomic mass is 10.1. The third-order valence-electron chi connectivity index (χ3n) is 2.72. The van der Waals surface area contributed by atoms with E-state index in [1.54, 1.807) is 12.1 Å². The van der Waals surface area contributed by atoms with E-state index in [1.807, 2.05) is 25.1 Å². The lowest BCUT2D eigenvalue weighted by Crippen LogP contribution is -2.26. The highest BCUT2D eigenvalue weighted by atomic mass is 35.5. The minimum Gasteiger partial charge on any atom is -0.463 e. The molecule has 2 aromatic rings. The highest BCUT2D eigenvalue weighted by molar-refractivity contribution is 6.36. The lowest BCUT2D eigenvalue weighted by Gasteiger charge is -2.08. The monoisotopic (exact) mass is 307 g/mol. The molecule has 0 aliphatic carbocycles. The molecule has 1 heterocycles. The molecule has 0 atom stereocenters. The predicted octanol–water partition coefficient (Wildman–Crippen LogP) is 2.49. The van der Waals surface area contributed by atoms with Crippen molar-refractivity contribution in [3.63, 3.8) is 0 Å². The van der Waals surface area contributed by atoms with Crippen LogP contribution in [-0.2, 0) is 14.4 Å². The highest BCUT2D eigenvalue weighted by Crippen LogP contribution is 2.22. The van der Waals surface area contributed by atoms with Crippen molar-refractivity contribution in [3.8, 4) is 11.3 Å². The number of halogens is 1. The number of methoxy groups -OCH3 is 1. The molecule has 6 nitrogen and oxygen atoms in total. The summed E-state index contributed by atoms with van der Waals surface area (Å²) in [5.41, 5.74) is 2.26. The first-order chi connectivity index (χ1) is 10.1. The molecule has 0 radical (unpaired) electrons. The van der Waals surface area contributed by atoms with Crippen molar-refractivity contribution in [1.29, 1.82) is 0 Å². The zero-order valence-corrected chi connectivity index (χ0v) is 12.6. The molecule has 0 N–H and O–H groups in total. The fraction of sp³-hybridized carbons (Fsp3) is 0.214. The zero-order chi connectivity index (χ0) is 15.4. The van der Waals surface area contributed by atoms with Crippen molar-refractivity contribution in [2.75, 3.05) is 14.2 Å². The largest absolute Gasteiger partial charge is 0.463 e. The van der Waals surface area contributed by atoms with Crippen LogP contribution in [-0.4, -0.2) is 35.8 Å². The first-order valence-electron chi connectivity index (χ1n) is 6.09. The third kappa shape index (κ3) is 3.22. The average molecular weight is 308 g/mol. The molecule has 1 aromatic heterocycles. The summed E-state index contributed by atoms with van der Waals surface area (Å²) in [5, 5.41) is 8.59. The van der Waals surface area contributed by atoms with Gasteiger partial charge in [0.05, 0.1) is 18.5 Å². The molecule has 0 unspecified atom stereocenters. The van der Waals surface area contributed by atoms with E-state index in [-0.39, 0.29) is 5.84 Å². The van der Waals surface area contributed by atoms with Gasteiger partial charge < -0.3 is 9.57 Å². The maximum absolute atomic E-state index is 11.8. The van der Waals surface area contributed by atoms with Crippen LogP contribution in [0.2, 0.25) is 5.02 Å². The number of aryl methyl sites for hydroxylation is 1. The van der Waals surface area contributed by atoms with E-state index in [9.17, 15) is 4.79 Å². The van der Waals surface area contributed by atoms with Crippen LogP contribution in [0.15, 0.2) is 35.5 Å². The summed E-state index contributed by atoms with van der Waals surface area (Å²) in [4.78, 5) is 16.5. The van der Waals surface area contributed by atoms with Crippen LogP contribution < -0.4 is 0 Å². The average Bonchev–Trinajstić information content (AvgIpc) is 2.86. The molecule has 0 amide bonds. The second-order valence-corrected chi connectivity index (χ2v) is 4.62. The van der Waals surface area contributed by atoms with E-state index in [0.29, 0.717) is 10.7 Å². The smallest absolute Gasteiger partial charge is 0.379 e. The molecule has 2 rings (SSSR count). The van der Waals surface area contributed by atoms with Crippen molar-refractivity contribution >= 4 is 23.4 Å². The van der Waals surface area contributed by atoms with E-state index in [1.165, 1.54) is 18.9 Å². The Morgan fingerprint density at radius 2 is 1.95 bits per heavy atom. The number of esters is 1. The van der Waals surface area contributed by atoms with Crippen LogP contribution in [0.25, 0.3) is 11.3 Å². The summed E-state index contributed by atoms with van der Waals surface area (Å²) in [6.07, 6.45) is 0. The Balaban J connectivity index is 2.56. The van der Waals surface area contributed by atoms with Crippen molar-refractivity contribution in [3.05, 3.63) is 41.0 Å². The van der Waals surface area contributed by atoms with Crippen LogP contribution >= 0.6 is 11.6 Å². The number of hydrogen-bond acceptors (Lipinski definition) is 5.